The number of hydrogen-bond donors (Lipinski definition) is 1. The minimum absolute atomic E-state index is 0.00284. The lowest BCUT2D eigenvalue weighted by atomic mass is 10.1. The number of nitrogens with one attached hydrogen (secondary N) is 1. The molecule has 130 valence electrons. The second kappa shape index (κ2) is 6.93. The average Bonchev–Trinajstić information content (AvgIpc) is 3.23. The predicted octanol–water partition coefficient (Wildman–Crippen LogP) is 3.18. The first-order valence-corrected chi connectivity index (χ1v) is 8.36. The van der Waals surface area contributed by atoms with E-state index in [4.69, 9.17) is 0 Å². The molecule has 6 heteroatoms. The molecule has 3 rings (SSSR count). The number of rotatable bonds is 6. The van der Waals surface area contributed by atoms with Crippen LogP contribution in [0.2, 0.25) is 0 Å². The predicted molar refractivity (Wildman–Crippen MR) is 96.3 cm³/mol. The number of aromatic nitrogens is 3. The van der Waals surface area contributed by atoms with E-state index in [9.17, 15) is 9.59 Å². The molecule has 1 N–H and O–H groups in total. The Balaban J connectivity index is 1.96. The van der Waals surface area contributed by atoms with Crippen molar-refractivity contribution in [3.05, 3.63) is 54.0 Å². The van der Waals surface area contributed by atoms with Crippen LogP contribution in [0.25, 0.3) is 10.9 Å². The minimum Gasteiger partial charge on any atom is -0.338 e. The highest BCUT2D eigenvalue weighted by atomic mass is 16.2. The molecule has 1 atom stereocenters. The van der Waals surface area contributed by atoms with E-state index in [1.54, 1.807) is 25.1 Å². The third-order valence-electron chi connectivity index (χ3n) is 4.47. The largest absolute Gasteiger partial charge is 0.338 e. The van der Waals surface area contributed by atoms with Gasteiger partial charge in [-0.25, -0.2) is 0 Å². The summed E-state index contributed by atoms with van der Waals surface area (Å²) in [6, 6.07) is 9.20. The highest BCUT2D eigenvalue weighted by Crippen LogP contribution is 2.27. The molecule has 0 radical (unpaired) electrons. The van der Waals surface area contributed by atoms with Crippen molar-refractivity contribution in [1.29, 1.82) is 0 Å². The average molecular weight is 338 g/mol. The second-order valence-corrected chi connectivity index (χ2v) is 6.22. The number of nitrogens with zero attached hydrogens (tertiary/aromatic N) is 3. The number of carbonyl (C=O) groups excluding carboxylic acids is 2. The van der Waals surface area contributed by atoms with Crippen molar-refractivity contribution in [2.75, 3.05) is 7.05 Å². The maximum Gasteiger partial charge on any atom is 0.245 e. The maximum atomic E-state index is 13.0. The smallest absolute Gasteiger partial charge is 0.245 e. The van der Waals surface area contributed by atoms with Gasteiger partial charge in [0.25, 0.3) is 0 Å². The van der Waals surface area contributed by atoms with Gasteiger partial charge in [0.05, 0.1) is 12.2 Å². The van der Waals surface area contributed by atoms with Gasteiger partial charge in [-0.15, -0.1) is 0 Å². The third-order valence-corrected chi connectivity index (χ3v) is 4.47. The van der Waals surface area contributed by atoms with Gasteiger partial charge in [0, 0.05) is 35.9 Å². The molecule has 1 unspecified atom stereocenters. The van der Waals surface area contributed by atoms with E-state index >= 15 is 0 Å². The summed E-state index contributed by atoms with van der Waals surface area (Å²) in [7, 11) is 1.78. The van der Waals surface area contributed by atoms with Crippen LogP contribution in [0.1, 0.15) is 42.4 Å². The fraction of sp³-hybridized carbons (Fsp3) is 0.316. The molecular weight excluding hydrogens is 316 g/mol. The molecule has 0 aliphatic heterocycles. The van der Waals surface area contributed by atoms with Crippen molar-refractivity contribution in [3.63, 3.8) is 0 Å². The molecule has 1 aromatic carbocycles. The van der Waals surface area contributed by atoms with Crippen molar-refractivity contribution in [3.8, 4) is 0 Å². The lowest BCUT2D eigenvalue weighted by Gasteiger charge is -2.24. The Morgan fingerprint density at radius 3 is 2.68 bits per heavy atom. The number of H-pyrrole nitrogens is 1. The van der Waals surface area contributed by atoms with Crippen molar-refractivity contribution in [1.82, 2.24) is 19.7 Å². The van der Waals surface area contributed by atoms with Crippen LogP contribution < -0.4 is 0 Å². The van der Waals surface area contributed by atoms with Gasteiger partial charge in [0.1, 0.15) is 6.04 Å². The van der Waals surface area contributed by atoms with E-state index in [1.165, 1.54) is 0 Å². The molecule has 0 saturated heterocycles. The number of benzene rings is 1. The van der Waals surface area contributed by atoms with E-state index in [2.05, 4.69) is 10.2 Å². The standard InChI is InChI=1S/C19H22N4O2/c1-4-17(19(25)22(3)11-14-9-10-20-21-14)23-12-16(13(2)24)15-7-5-6-8-18(15)23/h5-10,12,17H,4,11H2,1-3H3,(H,20,21). The summed E-state index contributed by atoms with van der Waals surface area (Å²) in [6.07, 6.45) is 4.12. The van der Waals surface area contributed by atoms with Crippen LogP contribution in [-0.2, 0) is 11.3 Å². The monoisotopic (exact) mass is 338 g/mol. The summed E-state index contributed by atoms with van der Waals surface area (Å²) < 4.78 is 1.93. The number of ketones is 1. The fourth-order valence-corrected chi connectivity index (χ4v) is 3.19. The molecule has 2 aromatic heterocycles. The molecule has 25 heavy (non-hydrogen) atoms. The van der Waals surface area contributed by atoms with E-state index in [0.29, 0.717) is 18.5 Å². The summed E-state index contributed by atoms with van der Waals surface area (Å²) in [5.74, 6) is 0.0102. The zero-order valence-electron chi connectivity index (χ0n) is 14.7. The first kappa shape index (κ1) is 17.0. The topological polar surface area (TPSA) is 71.0 Å². The molecule has 0 saturated carbocycles. The Kier molecular flexibility index (Phi) is 4.70. The van der Waals surface area contributed by atoms with Gasteiger partial charge in [0.2, 0.25) is 5.91 Å². The number of hydrogen-bond acceptors (Lipinski definition) is 3. The molecule has 0 aliphatic carbocycles. The van der Waals surface area contributed by atoms with Gasteiger partial charge in [-0.3, -0.25) is 14.7 Å². The van der Waals surface area contributed by atoms with Gasteiger partial charge in [-0.1, -0.05) is 25.1 Å². The van der Waals surface area contributed by atoms with Crippen LogP contribution in [0.5, 0.6) is 0 Å². The van der Waals surface area contributed by atoms with Gasteiger partial charge in [-0.05, 0) is 25.5 Å². The number of fused-ring (bicyclic) bond motifs is 1. The lowest BCUT2D eigenvalue weighted by Crippen LogP contribution is -2.33. The molecule has 0 aliphatic rings. The first-order chi connectivity index (χ1) is 12.0. The van der Waals surface area contributed by atoms with Crippen LogP contribution >= 0.6 is 0 Å². The summed E-state index contributed by atoms with van der Waals surface area (Å²) >= 11 is 0. The van der Waals surface area contributed by atoms with E-state index < -0.39 is 0 Å². The number of likely N-dealkylation sites (N-methyl/N-ethyl adjacent to an activating group) is 1. The van der Waals surface area contributed by atoms with Crippen LogP contribution in [-0.4, -0.2) is 38.4 Å². The third kappa shape index (κ3) is 3.20. The summed E-state index contributed by atoms with van der Waals surface area (Å²) in [5.41, 5.74) is 2.44. The quantitative estimate of drug-likeness (QED) is 0.702. The summed E-state index contributed by atoms with van der Waals surface area (Å²) in [4.78, 5) is 26.7. The van der Waals surface area contributed by atoms with Crippen molar-refractivity contribution in [2.45, 2.75) is 32.9 Å². The van der Waals surface area contributed by atoms with Crippen LogP contribution in [0.15, 0.2) is 42.7 Å². The van der Waals surface area contributed by atoms with E-state index in [0.717, 1.165) is 16.6 Å². The van der Waals surface area contributed by atoms with Gasteiger partial charge >= 0.3 is 0 Å². The molecule has 1 amide bonds. The highest BCUT2D eigenvalue weighted by molar-refractivity contribution is 6.07. The molecule has 0 spiro atoms. The van der Waals surface area contributed by atoms with Crippen molar-refractivity contribution in [2.24, 2.45) is 0 Å². The maximum absolute atomic E-state index is 13.0. The number of amides is 1. The number of Topliss-reactive ketones (excluding diaryl/α,β-unsaturated/α-hetero) is 1. The van der Waals surface area contributed by atoms with Gasteiger partial charge < -0.3 is 9.47 Å². The Hall–Kier alpha value is -2.89. The van der Waals surface area contributed by atoms with E-state index in [1.807, 2.05) is 48.0 Å². The molecular formula is C19H22N4O2. The van der Waals surface area contributed by atoms with Crippen LogP contribution in [0.4, 0.5) is 0 Å². The van der Waals surface area contributed by atoms with E-state index in [-0.39, 0.29) is 17.7 Å². The Labute approximate surface area is 146 Å². The SMILES string of the molecule is CCC(C(=O)N(C)Cc1ccn[nH]1)n1cc(C(C)=O)c2ccccc21. The van der Waals surface area contributed by atoms with Crippen LogP contribution in [0, 0.1) is 0 Å². The Bertz CT molecular complexity index is 895. The number of aromatic amines is 1. The highest BCUT2D eigenvalue weighted by Gasteiger charge is 2.25. The summed E-state index contributed by atoms with van der Waals surface area (Å²) in [6.45, 7) is 4.00. The zero-order chi connectivity index (χ0) is 18.0. The molecule has 0 bridgehead atoms. The second-order valence-electron chi connectivity index (χ2n) is 6.22. The number of carbonyl (C=O) groups is 2. The van der Waals surface area contributed by atoms with Gasteiger partial charge in [0.15, 0.2) is 5.78 Å². The normalized spacial score (nSPS) is 12.3. The van der Waals surface area contributed by atoms with Crippen LogP contribution in [0.3, 0.4) is 0 Å². The molecule has 2 heterocycles. The summed E-state index contributed by atoms with van der Waals surface area (Å²) in [5, 5.41) is 7.68. The zero-order valence-corrected chi connectivity index (χ0v) is 14.7. The molecule has 0 fully saturated rings. The lowest BCUT2D eigenvalue weighted by molar-refractivity contribution is -0.134. The molecule has 6 nitrogen and oxygen atoms in total. The number of para-hydroxylation sites is 1. The van der Waals surface area contributed by atoms with Crippen molar-refractivity contribution >= 4 is 22.6 Å². The van der Waals surface area contributed by atoms with Crippen molar-refractivity contribution < 1.29 is 9.59 Å². The Morgan fingerprint density at radius 1 is 1.28 bits per heavy atom. The Morgan fingerprint density at radius 2 is 2.04 bits per heavy atom. The fourth-order valence-electron chi connectivity index (χ4n) is 3.19. The first-order valence-electron chi connectivity index (χ1n) is 8.36. The molecule has 3 aromatic rings. The van der Waals surface area contributed by atoms with Gasteiger partial charge in [-0.2, -0.15) is 5.10 Å². The minimum atomic E-state index is -0.356.